The molecule has 2 heterocycles. The first-order valence-electron chi connectivity index (χ1n) is 9.61. The van der Waals surface area contributed by atoms with Crippen molar-refractivity contribution in [3.8, 4) is 11.4 Å². The van der Waals surface area contributed by atoms with Crippen molar-refractivity contribution < 1.29 is 9.85 Å². The zero-order valence-corrected chi connectivity index (χ0v) is 16.5. The minimum Gasteiger partial charge on any atom is -0.303 e. The summed E-state index contributed by atoms with van der Waals surface area (Å²) in [6, 6.07) is 20.4. The molecule has 3 aromatic carbocycles. The monoisotopic (exact) mass is 426 g/mol. The smallest absolute Gasteiger partial charge is 0.277 e. The number of nitrogens with zero attached hydrogens (tertiary/aromatic N) is 6. The Kier molecular flexibility index (Phi) is 4.52. The molecule has 32 heavy (non-hydrogen) atoms. The molecule has 0 saturated heterocycles. The van der Waals surface area contributed by atoms with E-state index in [0.29, 0.717) is 34.7 Å². The van der Waals surface area contributed by atoms with Crippen LogP contribution in [0.3, 0.4) is 0 Å². The van der Waals surface area contributed by atoms with E-state index in [-0.39, 0.29) is 5.56 Å². The molecule has 0 fully saturated rings. The topological polar surface area (TPSA) is 130 Å². The zero-order chi connectivity index (χ0) is 22.2. The molecule has 0 aliphatic heterocycles. The van der Waals surface area contributed by atoms with Gasteiger partial charge in [-0.25, -0.2) is 15.0 Å². The maximum absolute atomic E-state index is 11.4. The van der Waals surface area contributed by atoms with E-state index in [9.17, 15) is 20.2 Å². The SMILES string of the molecule is O=[N+]([O-])c1cc(-c2nc3nc4ccccc4nc3n2Cc2ccccc2)cc([N+](=O)[O-])c1. The highest BCUT2D eigenvalue weighted by atomic mass is 16.6. The highest BCUT2D eigenvalue weighted by Gasteiger charge is 2.22. The molecule has 10 nitrogen and oxygen atoms in total. The average Bonchev–Trinajstić information content (AvgIpc) is 3.15. The number of aromatic nitrogens is 4. The average molecular weight is 426 g/mol. The summed E-state index contributed by atoms with van der Waals surface area (Å²) in [7, 11) is 0. The zero-order valence-electron chi connectivity index (χ0n) is 16.5. The number of fused-ring (bicyclic) bond motifs is 2. The first-order valence-corrected chi connectivity index (χ1v) is 9.61. The van der Waals surface area contributed by atoms with Crippen molar-refractivity contribution in [3.05, 3.63) is 98.6 Å². The van der Waals surface area contributed by atoms with Gasteiger partial charge in [-0.1, -0.05) is 42.5 Å². The van der Waals surface area contributed by atoms with Crippen molar-refractivity contribution in [1.82, 2.24) is 19.5 Å². The van der Waals surface area contributed by atoms with Crippen LogP contribution in [0.1, 0.15) is 5.56 Å². The minimum absolute atomic E-state index is 0.241. The maximum atomic E-state index is 11.4. The summed E-state index contributed by atoms with van der Waals surface area (Å²) in [5.41, 5.74) is 2.57. The van der Waals surface area contributed by atoms with Crippen molar-refractivity contribution >= 4 is 33.7 Å². The summed E-state index contributed by atoms with van der Waals surface area (Å²) in [6.45, 7) is 0.357. The van der Waals surface area contributed by atoms with Gasteiger partial charge in [0.1, 0.15) is 5.82 Å². The normalized spacial score (nSPS) is 11.1. The lowest BCUT2D eigenvalue weighted by atomic mass is 10.1. The molecule has 10 heteroatoms. The molecule has 0 radical (unpaired) electrons. The number of hydrogen-bond donors (Lipinski definition) is 0. The Morgan fingerprint density at radius 3 is 1.97 bits per heavy atom. The van der Waals surface area contributed by atoms with E-state index in [4.69, 9.17) is 4.98 Å². The molecular formula is C22H14N6O4. The number of non-ortho nitro benzene ring substituents is 2. The van der Waals surface area contributed by atoms with Gasteiger partial charge >= 0.3 is 0 Å². The van der Waals surface area contributed by atoms with Crippen LogP contribution in [0.25, 0.3) is 33.7 Å². The molecule has 0 unspecified atom stereocenters. The minimum atomic E-state index is -0.661. The lowest BCUT2D eigenvalue weighted by Crippen LogP contribution is -2.04. The number of nitro groups is 2. The molecule has 0 bridgehead atoms. The van der Waals surface area contributed by atoms with Gasteiger partial charge in [0.2, 0.25) is 0 Å². The van der Waals surface area contributed by atoms with Crippen LogP contribution in [0, 0.1) is 20.2 Å². The number of hydrogen-bond acceptors (Lipinski definition) is 7. The lowest BCUT2D eigenvalue weighted by molar-refractivity contribution is -0.394. The Bertz CT molecular complexity index is 1480. The van der Waals surface area contributed by atoms with E-state index in [1.165, 1.54) is 12.1 Å². The fourth-order valence-electron chi connectivity index (χ4n) is 3.57. The molecule has 5 rings (SSSR count). The van der Waals surface area contributed by atoms with Crippen LogP contribution in [-0.2, 0) is 6.54 Å². The van der Waals surface area contributed by atoms with Crippen LogP contribution in [-0.4, -0.2) is 29.4 Å². The first kappa shape index (κ1) is 19.2. The van der Waals surface area contributed by atoms with Gasteiger partial charge in [0.25, 0.3) is 11.4 Å². The maximum Gasteiger partial charge on any atom is 0.277 e. The largest absolute Gasteiger partial charge is 0.303 e. The second kappa shape index (κ2) is 7.51. The van der Waals surface area contributed by atoms with Gasteiger partial charge in [-0.05, 0) is 17.7 Å². The van der Waals surface area contributed by atoms with Crippen LogP contribution in [0.4, 0.5) is 11.4 Å². The number of benzene rings is 3. The molecule has 0 N–H and O–H groups in total. The van der Waals surface area contributed by atoms with E-state index in [1.807, 2.05) is 54.6 Å². The van der Waals surface area contributed by atoms with Crippen molar-refractivity contribution in [2.75, 3.05) is 0 Å². The Labute approximate surface area is 180 Å². The number of rotatable bonds is 5. The number of nitro benzene ring substituents is 2. The number of para-hydroxylation sites is 2. The second-order valence-electron chi connectivity index (χ2n) is 7.12. The van der Waals surface area contributed by atoms with E-state index in [0.717, 1.165) is 11.6 Å². The summed E-state index contributed by atoms with van der Waals surface area (Å²) < 4.78 is 1.77. The van der Waals surface area contributed by atoms with Crippen LogP contribution >= 0.6 is 0 Å². The highest BCUT2D eigenvalue weighted by Crippen LogP contribution is 2.31. The quantitative estimate of drug-likeness (QED) is 0.298. The summed E-state index contributed by atoms with van der Waals surface area (Å²) in [5, 5.41) is 22.8. The Hall–Kier alpha value is -4.73. The van der Waals surface area contributed by atoms with Crippen molar-refractivity contribution in [1.29, 1.82) is 0 Å². The lowest BCUT2D eigenvalue weighted by Gasteiger charge is -2.09. The van der Waals surface area contributed by atoms with Gasteiger partial charge in [-0.15, -0.1) is 0 Å². The summed E-state index contributed by atoms with van der Waals surface area (Å²) in [5.74, 6) is 0.311. The molecule has 0 spiro atoms. The highest BCUT2D eigenvalue weighted by molar-refractivity contribution is 5.85. The predicted molar refractivity (Wildman–Crippen MR) is 117 cm³/mol. The van der Waals surface area contributed by atoms with Crippen LogP contribution in [0.2, 0.25) is 0 Å². The van der Waals surface area contributed by atoms with Gasteiger partial charge in [0.05, 0.1) is 33.5 Å². The predicted octanol–water partition coefficient (Wildman–Crippen LogP) is 4.51. The molecule has 0 aliphatic carbocycles. The molecule has 0 aliphatic rings. The van der Waals surface area contributed by atoms with E-state index in [2.05, 4.69) is 9.97 Å². The summed E-state index contributed by atoms with van der Waals surface area (Å²) >= 11 is 0. The van der Waals surface area contributed by atoms with Gasteiger partial charge in [-0.2, -0.15) is 0 Å². The molecule has 5 aromatic rings. The molecule has 0 atom stereocenters. The molecule has 156 valence electrons. The Morgan fingerprint density at radius 1 is 0.750 bits per heavy atom. The van der Waals surface area contributed by atoms with Crippen molar-refractivity contribution in [2.24, 2.45) is 0 Å². The van der Waals surface area contributed by atoms with Crippen LogP contribution in [0.15, 0.2) is 72.8 Å². The van der Waals surface area contributed by atoms with Crippen molar-refractivity contribution in [2.45, 2.75) is 6.54 Å². The van der Waals surface area contributed by atoms with Crippen molar-refractivity contribution in [3.63, 3.8) is 0 Å². The second-order valence-corrected chi connectivity index (χ2v) is 7.12. The summed E-state index contributed by atoms with van der Waals surface area (Å²) in [4.78, 5) is 35.3. The molecular weight excluding hydrogens is 412 g/mol. The van der Waals surface area contributed by atoms with Gasteiger partial charge in [-0.3, -0.25) is 20.2 Å². The Morgan fingerprint density at radius 2 is 1.34 bits per heavy atom. The molecule has 2 aromatic heterocycles. The third-order valence-corrected chi connectivity index (χ3v) is 5.02. The van der Waals surface area contributed by atoms with Gasteiger partial charge in [0, 0.05) is 17.7 Å². The fourth-order valence-corrected chi connectivity index (χ4v) is 3.57. The number of imidazole rings is 1. The third kappa shape index (κ3) is 3.39. The third-order valence-electron chi connectivity index (χ3n) is 5.02. The Balaban J connectivity index is 1.80. The van der Waals surface area contributed by atoms with E-state index in [1.54, 1.807) is 4.57 Å². The fraction of sp³-hybridized carbons (Fsp3) is 0.0455. The van der Waals surface area contributed by atoms with Gasteiger partial charge < -0.3 is 4.57 Å². The summed E-state index contributed by atoms with van der Waals surface area (Å²) in [6.07, 6.45) is 0. The standard InChI is InChI=1S/C22H14N6O4/c29-27(30)16-10-15(11-17(12-16)28(31)32)21-25-20-22(24-19-9-5-4-8-18(19)23-20)26(21)13-14-6-2-1-3-7-14/h1-12H,13H2. The first-order chi connectivity index (χ1) is 15.5. The van der Waals surface area contributed by atoms with E-state index < -0.39 is 21.2 Å². The van der Waals surface area contributed by atoms with Crippen LogP contribution < -0.4 is 0 Å². The van der Waals surface area contributed by atoms with E-state index >= 15 is 0 Å². The van der Waals surface area contributed by atoms with Gasteiger partial charge in [0.15, 0.2) is 11.3 Å². The van der Waals surface area contributed by atoms with Crippen LogP contribution in [0.5, 0.6) is 0 Å². The molecule has 0 saturated carbocycles. The molecule has 0 amide bonds.